The highest BCUT2D eigenvalue weighted by molar-refractivity contribution is 6.34. The molecule has 0 aliphatic carbocycles. The third-order valence-electron chi connectivity index (χ3n) is 3.03. The van der Waals surface area contributed by atoms with Gasteiger partial charge in [-0.1, -0.05) is 11.6 Å². The van der Waals surface area contributed by atoms with Gasteiger partial charge in [-0.2, -0.15) is 0 Å². The summed E-state index contributed by atoms with van der Waals surface area (Å²) in [6.45, 7) is 0. The molecular formula is C15H12ClN3O2. The molecule has 3 aromatic rings. The Bertz CT molecular complexity index is 809. The van der Waals surface area contributed by atoms with Crippen molar-refractivity contribution in [3.63, 3.8) is 0 Å². The van der Waals surface area contributed by atoms with Crippen LogP contribution in [0.2, 0.25) is 5.02 Å². The van der Waals surface area contributed by atoms with E-state index in [1.165, 1.54) is 11.1 Å². The van der Waals surface area contributed by atoms with E-state index in [0.29, 0.717) is 33.1 Å². The molecule has 3 aromatic heterocycles. The molecule has 0 saturated carbocycles. The lowest BCUT2D eigenvalue weighted by atomic mass is 10.2. The zero-order chi connectivity index (χ0) is 15.0. The van der Waals surface area contributed by atoms with Crippen LogP contribution in [0, 0.1) is 0 Å². The Morgan fingerprint density at radius 3 is 2.67 bits per heavy atom. The third-order valence-corrected chi connectivity index (χ3v) is 3.33. The molecule has 1 amide bonds. The minimum atomic E-state index is -0.0941. The van der Waals surface area contributed by atoms with E-state index >= 15 is 0 Å². The average molecular weight is 302 g/mol. The van der Waals surface area contributed by atoms with Crippen LogP contribution >= 0.6 is 11.6 Å². The first-order valence-electron chi connectivity index (χ1n) is 6.28. The maximum absolute atomic E-state index is 11.8. The van der Waals surface area contributed by atoms with E-state index in [9.17, 15) is 4.79 Å². The predicted octanol–water partition coefficient (Wildman–Crippen LogP) is 3.25. The van der Waals surface area contributed by atoms with Gasteiger partial charge in [-0.15, -0.1) is 0 Å². The molecule has 0 aliphatic heterocycles. The SMILES string of the molecule is CN(C)C(=O)c1ccc(-c2cc3nccc(Cl)c3o2)nc1. The molecule has 0 saturated heterocycles. The fourth-order valence-corrected chi connectivity index (χ4v) is 2.15. The molecule has 5 nitrogen and oxygen atoms in total. The van der Waals surface area contributed by atoms with Gasteiger partial charge in [0.25, 0.3) is 5.91 Å². The number of hydrogen-bond acceptors (Lipinski definition) is 4. The van der Waals surface area contributed by atoms with Crippen molar-refractivity contribution in [2.75, 3.05) is 14.1 Å². The Balaban J connectivity index is 1.99. The molecule has 0 radical (unpaired) electrons. The normalized spacial score (nSPS) is 10.8. The molecule has 0 unspecified atom stereocenters. The lowest BCUT2D eigenvalue weighted by Crippen LogP contribution is -2.21. The number of carbonyl (C=O) groups excluding carboxylic acids is 1. The van der Waals surface area contributed by atoms with Crippen LogP contribution in [-0.2, 0) is 0 Å². The number of carbonyl (C=O) groups is 1. The number of fused-ring (bicyclic) bond motifs is 1. The minimum absolute atomic E-state index is 0.0941. The van der Waals surface area contributed by atoms with Crippen LogP contribution in [-0.4, -0.2) is 34.9 Å². The highest BCUT2D eigenvalue weighted by Crippen LogP contribution is 2.29. The Morgan fingerprint density at radius 2 is 2.05 bits per heavy atom. The van der Waals surface area contributed by atoms with Gasteiger partial charge in [-0.3, -0.25) is 14.8 Å². The number of halogens is 1. The quantitative estimate of drug-likeness (QED) is 0.729. The molecule has 0 bridgehead atoms. The highest BCUT2D eigenvalue weighted by atomic mass is 35.5. The van der Waals surface area contributed by atoms with Gasteiger partial charge in [-0.25, -0.2) is 0 Å². The molecule has 3 rings (SSSR count). The molecule has 0 aliphatic rings. The lowest BCUT2D eigenvalue weighted by molar-refractivity contribution is 0.0827. The average Bonchev–Trinajstić information content (AvgIpc) is 2.92. The Morgan fingerprint density at radius 1 is 1.24 bits per heavy atom. The van der Waals surface area contributed by atoms with Crippen molar-refractivity contribution in [1.82, 2.24) is 14.9 Å². The second-order valence-corrected chi connectivity index (χ2v) is 5.16. The van der Waals surface area contributed by atoms with Gasteiger partial charge >= 0.3 is 0 Å². The Hall–Kier alpha value is -2.40. The van der Waals surface area contributed by atoms with Crippen molar-refractivity contribution in [3.8, 4) is 11.5 Å². The van der Waals surface area contributed by atoms with Gasteiger partial charge in [0.2, 0.25) is 0 Å². The summed E-state index contributed by atoms with van der Waals surface area (Å²) in [7, 11) is 3.40. The standard InChI is InChI=1S/C15H12ClN3O2/c1-19(2)15(20)9-3-4-11(18-8-9)13-7-12-14(21-13)10(16)5-6-17-12/h3-8H,1-2H3. The summed E-state index contributed by atoms with van der Waals surface area (Å²) in [5.41, 5.74) is 2.35. The number of aromatic nitrogens is 2. The van der Waals surface area contributed by atoms with Crippen molar-refractivity contribution in [1.29, 1.82) is 0 Å². The highest BCUT2D eigenvalue weighted by Gasteiger charge is 2.13. The topological polar surface area (TPSA) is 59.2 Å². The summed E-state index contributed by atoms with van der Waals surface area (Å²) in [5.74, 6) is 0.470. The first-order chi connectivity index (χ1) is 10.1. The molecule has 0 atom stereocenters. The van der Waals surface area contributed by atoms with Crippen molar-refractivity contribution in [2.24, 2.45) is 0 Å². The molecule has 0 aromatic carbocycles. The van der Waals surface area contributed by atoms with Gasteiger partial charge < -0.3 is 9.32 Å². The summed E-state index contributed by atoms with van der Waals surface area (Å²) in [6.07, 6.45) is 3.15. The molecule has 0 fully saturated rings. The van der Waals surface area contributed by atoms with Gasteiger partial charge in [-0.05, 0) is 18.2 Å². The van der Waals surface area contributed by atoms with Crippen LogP contribution in [0.3, 0.4) is 0 Å². The zero-order valence-corrected chi connectivity index (χ0v) is 12.3. The molecule has 6 heteroatoms. The number of rotatable bonds is 2. The number of pyridine rings is 2. The van der Waals surface area contributed by atoms with Crippen LogP contribution in [0.5, 0.6) is 0 Å². The summed E-state index contributed by atoms with van der Waals surface area (Å²) in [6, 6.07) is 6.90. The monoisotopic (exact) mass is 301 g/mol. The molecule has 0 spiro atoms. The number of nitrogens with zero attached hydrogens (tertiary/aromatic N) is 3. The minimum Gasteiger partial charge on any atom is -0.451 e. The molecular weight excluding hydrogens is 290 g/mol. The molecule has 0 N–H and O–H groups in total. The van der Waals surface area contributed by atoms with Crippen LogP contribution in [0.1, 0.15) is 10.4 Å². The second kappa shape index (κ2) is 5.18. The number of amides is 1. The lowest BCUT2D eigenvalue weighted by Gasteiger charge is -2.09. The predicted molar refractivity (Wildman–Crippen MR) is 80.3 cm³/mol. The smallest absolute Gasteiger partial charge is 0.254 e. The fraction of sp³-hybridized carbons (Fsp3) is 0.133. The van der Waals surface area contributed by atoms with Crippen molar-refractivity contribution < 1.29 is 9.21 Å². The van der Waals surface area contributed by atoms with Crippen molar-refractivity contribution >= 4 is 28.6 Å². The summed E-state index contributed by atoms with van der Waals surface area (Å²) < 4.78 is 5.68. The van der Waals surface area contributed by atoms with E-state index in [0.717, 1.165) is 0 Å². The van der Waals surface area contributed by atoms with E-state index in [-0.39, 0.29) is 5.91 Å². The van der Waals surface area contributed by atoms with Gasteiger partial charge in [0.05, 0.1) is 10.6 Å². The van der Waals surface area contributed by atoms with Crippen molar-refractivity contribution in [2.45, 2.75) is 0 Å². The Labute approximate surface area is 126 Å². The number of hydrogen-bond donors (Lipinski definition) is 0. The molecule has 3 heterocycles. The van der Waals surface area contributed by atoms with E-state index in [1.54, 1.807) is 44.6 Å². The molecule has 106 valence electrons. The molecule has 21 heavy (non-hydrogen) atoms. The van der Waals surface area contributed by atoms with E-state index in [4.69, 9.17) is 16.0 Å². The van der Waals surface area contributed by atoms with Crippen molar-refractivity contribution in [3.05, 3.63) is 47.2 Å². The first-order valence-corrected chi connectivity index (χ1v) is 6.66. The summed E-state index contributed by atoms with van der Waals surface area (Å²) in [4.78, 5) is 21.8. The van der Waals surface area contributed by atoms with E-state index < -0.39 is 0 Å². The summed E-state index contributed by atoms with van der Waals surface area (Å²) >= 11 is 6.06. The van der Waals surface area contributed by atoms with Crippen LogP contribution in [0.15, 0.2) is 41.1 Å². The van der Waals surface area contributed by atoms with Crippen LogP contribution in [0.4, 0.5) is 0 Å². The van der Waals surface area contributed by atoms with Gasteiger partial charge in [0, 0.05) is 32.6 Å². The van der Waals surface area contributed by atoms with E-state index in [1.807, 2.05) is 0 Å². The number of furan rings is 1. The largest absolute Gasteiger partial charge is 0.451 e. The van der Waals surface area contributed by atoms with Gasteiger partial charge in [0.15, 0.2) is 11.3 Å². The van der Waals surface area contributed by atoms with Crippen LogP contribution < -0.4 is 0 Å². The third kappa shape index (κ3) is 2.48. The maximum atomic E-state index is 11.8. The van der Waals surface area contributed by atoms with Crippen LogP contribution in [0.25, 0.3) is 22.6 Å². The summed E-state index contributed by atoms with van der Waals surface area (Å²) in [5, 5.41) is 0.505. The Kier molecular flexibility index (Phi) is 3.35. The second-order valence-electron chi connectivity index (χ2n) is 4.75. The van der Waals surface area contributed by atoms with E-state index in [2.05, 4.69) is 9.97 Å². The first kappa shape index (κ1) is 13.6. The van der Waals surface area contributed by atoms with Gasteiger partial charge in [0.1, 0.15) is 11.2 Å². The fourth-order valence-electron chi connectivity index (χ4n) is 1.96. The zero-order valence-electron chi connectivity index (χ0n) is 11.5. The maximum Gasteiger partial charge on any atom is 0.254 e.